The Bertz CT molecular complexity index is 878. The number of carbonyl (C=O) groups is 1. The van der Waals surface area contributed by atoms with Gasteiger partial charge in [0.1, 0.15) is 16.8 Å². The first-order chi connectivity index (χ1) is 12.3. The number of nitrogens with zero attached hydrogens (tertiary/aromatic N) is 2. The third-order valence-electron chi connectivity index (χ3n) is 3.23. The number of pyridine rings is 1. The van der Waals surface area contributed by atoms with Crippen molar-refractivity contribution in [1.82, 2.24) is 4.98 Å². The molecule has 0 fully saturated rings. The van der Waals surface area contributed by atoms with Crippen LogP contribution in [-0.4, -0.2) is 23.8 Å². The molecule has 0 aliphatic rings. The van der Waals surface area contributed by atoms with Crippen LogP contribution < -0.4 is 5.73 Å². The predicted molar refractivity (Wildman–Crippen MR) is 92.5 cm³/mol. The number of rotatable bonds is 5. The Morgan fingerprint density at radius 2 is 2.04 bits per heavy atom. The van der Waals surface area contributed by atoms with Crippen molar-refractivity contribution in [3.63, 3.8) is 0 Å². The summed E-state index contributed by atoms with van der Waals surface area (Å²) < 4.78 is 46.1. The van der Waals surface area contributed by atoms with Crippen molar-refractivity contribution in [2.45, 2.75) is 12.8 Å². The third-order valence-corrected chi connectivity index (χ3v) is 3.88. The second kappa shape index (κ2) is 8.37. The number of aliphatic imine (C=N–C) groups is 1. The van der Waals surface area contributed by atoms with Gasteiger partial charge in [0.2, 0.25) is 0 Å². The fourth-order valence-electron chi connectivity index (χ4n) is 2.00. The van der Waals surface area contributed by atoms with Gasteiger partial charge in [-0.15, -0.1) is 0 Å². The topological polar surface area (TPSA) is 77.6 Å². The van der Waals surface area contributed by atoms with Gasteiger partial charge in [0.15, 0.2) is 16.8 Å². The summed E-state index contributed by atoms with van der Waals surface area (Å²) >= 11 is 11.1. The summed E-state index contributed by atoms with van der Waals surface area (Å²) in [7, 11) is 0. The largest absolute Gasteiger partial charge is 0.465 e. The number of hydrogen-bond acceptors (Lipinski definition) is 5. The number of benzene rings is 1. The van der Waals surface area contributed by atoms with E-state index >= 15 is 0 Å². The molecule has 2 rings (SSSR count). The summed E-state index contributed by atoms with van der Waals surface area (Å²) in [4.78, 5) is 19.9. The number of nitrogen functional groups attached to an aromatic ring is 1. The van der Waals surface area contributed by atoms with Crippen molar-refractivity contribution in [2.75, 3.05) is 12.3 Å². The van der Waals surface area contributed by atoms with E-state index in [1.165, 1.54) is 19.2 Å². The van der Waals surface area contributed by atoms with Gasteiger partial charge in [0.05, 0.1) is 24.2 Å². The molecule has 1 atom stereocenters. The summed E-state index contributed by atoms with van der Waals surface area (Å²) in [5.74, 6) is -6.65. The van der Waals surface area contributed by atoms with E-state index in [0.717, 1.165) is 6.21 Å². The van der Waals surface area contributed by atoms with E-state index < -0.39 is 39.9 Å². The van der Waals surface area contributed by atoms with Crippen LogP contribution in [-0.2, 0) is 9.53 Å². The molecule has 0 saturated carbocycles. The molecule has 0 radical (unpaired) electrons. The Hall–Kier alpha value is -2.32. The van der Waals surface area contributed by atoms with Crippen molar-refractivity contribution < 1.29 is 22.7 Å². The lowest BCUT2D eigenvalue weighted by molar-refractivity contribution is -0.143. The molecule has 1 aromatic heterocycles. The van der Waals surface area contributed by atoms with Crippen LogP contribution in [0.5, 0.6) is 0 Å². The zero-order valence-corrected chi connectivity index (χ0v) is 14.8. The van der Waals surface area contributed by atoms with Gasteiger partial charge < -0.3 is 10.5 Å². The van der Waals surface area contributed by atoms with Crippen LogP contribution in [0.15, 0.2) is 23.3 Å². The van der Waals surface area contributed by atoms with Crippen LogP contribution in [0, 0.1) is 17.5 Å². The van der Waals surface area contributed by atoms with Crippen molar-refractivity contribution in [3.05, 3.63) is 51.5 Å². The molecule has 1 heterocycles. The molecule has 2 N–H and O–H groups in total. The summed E-state index contributed by atoms with van der Waals surface area (Å²) in [5.41, 5.74) is 5.41. The fraction of sp³-hybridized carbons (Fsp3) is 0.188. The zero-order valence-electron chi connectivity index (χ0n) is 13.3. The molecule has 0 saturated heterocycles. The number of aromatic nitrogens is 1. The van der Waals surface area contributed by atoms with Crippen LogP contribution in [0.1, 0.15) is 18.4 Å². The van der Waals surface area contributed by atoms with Gasteiger partial charge in [-0.1, -0.05) is 23.2 Å². The molecular formula is C16H12Cl2F3N3O2. The van der Waals surface area contributed by atoms with Gasteiger partial charge in [0.25, 0.3) is 0 Å². The third kappa shape index (κ3) is 4.25. The lowest BCUT2D eigenvalue weighted by Crippen LogP contribution is -2.19. The molecule has 1 unspecified atom stereocenters. The van der Waals surface area contributed by atoms with Gasteiger partial charge in [-0.2, -0.15) is 0 Å². The number of esters is 1. The second-order valence-electron chi connectivity index (χ2n) is 4.97. The molecule has 26 heavy (non-hydrogen) atoms. The summed E-state index contributed by atoms with van der Waals surface area (Å²) in [5, 5.41) is -1.01. The van der Waals surface area contributed by atoms with E-state index in [4.69, 9.17) is 33.7 Å². The van der Waals surface area contributed by atoms with Crippen LogP contribution in [0.2, 0.25) is 10.2 Å². The number of ether oxygens (including phenoxy) is 1. The van der Waals surface area contributed by atoms with Gasteiger partial charge >= 0.3 is 5.97 Å². The second-order valence-corrected chi connectivity index (χ2v) is 5.71. The standard InChI is InChI=1S/C16H12Cl2F3N3O2/c1-2-26-16(25)9(6-23-7-3-11(22)15(18)24-5-7)8-4-10(19)14(21)12(17)13(8)20/h3-6,9H,2,22H2,1H3. The summed E-state index contributed by atoms with van der Waals surface area (Å²) in [6.45, 7) is 1.52. The van der Waals surface area contributed by atoms with Crippen LogP contribution >= 0.6 is 23.2 Å². The van der Waals surface area contributed by atoms with E-state index in [-0.39, 0.29) is 23.1 Å². The lowest BCUT2D eigenvalue weighted by atomic mass is 9.99. The number of anilines is 1. The molecule has 0 amide bonds. The van der Waals surface area contributed by atoms with Crippen molar-refractivity contribution in [3.8, 4) is 0 Å². The fourth-order valence-corrected chi connectivity index (χ4v) is 2.31. The highest BCUT2D eigenvalue weighted by atomic mass is 35.5. The van der Waals surface area contributed by atoms with E-state index in [1.807, 2.05) is 0 Å². The number of hydrogen-bond donors (Lipinski definition) is 1. The van der Waals surface area contributed by atoms with E-state index in [9.17, 15) is 18.0 Å². The molecule has 0 aliphatic carbocycles. The Balaban J connectivity index is 2.49. The lowest BCUT2D eigenvalue weighted by Gasteiger charge is -2.14. The molecule has 2 aromatic rings. The molecule has 1 aromatic carbocycles. The quantitative estimate of drug-likeness (QED) is 0.262. The molecule has 0 aliphatic heterocycles. The number of carbonyl (C=O) groups excluding carboxylic acids is 1. The first-order valence-corrected chi connectivity index (χ1v) is 7.96. The number of halogens is 5. The van der Waals surface area contributed by atoms with Gasteiger partial charge in [-0.05, 0) is 19.1 Å². The SMILES string of the molecule is CCOC(=O)C(C=Nc1cnc(Cl)c(N)c1)c1cc(F)c(F)c(Cl)c1F. The molecular weight excluding hydrogens is 394 g/mol. The maximum Gasteiger partial charge on any atom is 0.319 e. The van der Waals surface area contributed by atoms with Crippen LogP contribution in [0.4, 0.5) is 24.5 Å². The maximum absolute atomic E-state index is 14.3. The Kier molecular flexibility index (Phi) is 6.44. The van der Waals surface area contributed by atoms with E-state index in [1.54, 1.807) is 0 Å². The van der Waals surface area contributed by atoms with Crippen molar-refractivity contribution in [2.24, 2.45) is 4.99 Å². The predicted octanol–water partition coefficient (Wildman–Crippen LogP) is 4.44. The van der Waals surface area contributed by atoms with Crippen molar-refractivity contribution in [1.29, 1.82) is 0 Å². The van der Waals surface area contributed by atoms with Crippen LogP contribution in [0.3, 0.4) is 0 Å². The highest BCUT2D eigenvalue weighted by Crippen LogP contribution is 2.30. The highest BCUT2D eigenvalue weighted by molar-refractivity contribution is 6.32. The van der Waals surface area contributed by atoms with Crippen molar-refractivity contribution >= 4 is 46.8 Å². The Labute approximate surface area is 156 Å². The normalized spacial score (nSPS) is 12.4. The zero-order chi connectivity index (χ0) is 19.4. The summed E-state index contributed by atoms with van der Waals surface area (Å²) in [6.07, 6.45) is 2.25. The van der Waals surface area contributed by atoms with Gasteiger partial charge in [0, 0.05) is 11.8 Å². The average Bonchev–Trinajstić information content (AvgIpc) is 2.60. The highest BCUT2D eigenvalue weighted by Gasteiger charge is 2.28. The molecule has 0 spiro atoms. The minimum atomic E-state index is -1.55. The summed E-state index contributed by atoms with van der Waals surface area (Å²) in [6, 6.07) is 1.89. The van der Waals surface area contributed by atoms with E-state index in [2.05, 4.69) is 9.98 Å². The Morgan fingerprint density at radius 1 is 1.35 bits per heavy atom. The smallest absolute Gasteiger partial charge is 0.319 e. The van der Waals surface area contributed by atoms with Gasteiger partial charge in [-0.25, -0.2) is 18.2 Å². The average molecular weight is 406 g/mol. The first kappa shape index (κ1) is 20.0. The van der Waals surface area contributed by atoms with Crippen LogP contribution in [0.25, 0.3) is 0 Å². The number of nitrogens with two attached hydrogens (primary N) is 1. The Morgan fingerprint density at radius 3 is 2.65 bits per heavy atom. The first-order valence-electron chi connectivity index (χ1n) is 7.21. The van der Waals surface area contributed by atoms with Gasteiger partial charge in [-0.3, -0.25) is 9.79 Å². The monoisotopic (exact) mass is 405 g/mol. The van der Waals surface area contributed by atoms with E-state index in [0.29, 0.717) is 6.07 Å². The molecule has 5 nitrogen and oxygen atoms in total. The molecule has 0 bridgehead atoms. The minimum Gasteiger partial charge on any atom is -0.465 e. The molecule has 10 heteroatoms. The maximum atomic E-state index is 14.3. The minimum absolute atomic E-state index is 0.0162. The molecule has 138 valence electrons.